The summed E-state index contributed by atoms with van der Waals surface area (Å²) < 4.78 is 1.50. The van der Waals surface area contributed by atoms with Gasteiger partial charge in [0.15, 0.2) is 0 Å². The number of nitrogens with zero attached hydrogens (tertiary/aromatic N) is 3. The Morgan fingerprint density at radius 1 is 1.21 bits per heavy atom. The van der Waals surface area contributed by atoms with E-state index in [0.29, 0.717) is 5.54 Å². The molecular formula is C18H23N5O. The fraction of sp³-hybridized carbons (Fsp3) is 0.444. The lowest BCUT2D eigenvalue weighted by Gasteiger charge is -2.72. The molecule has 0 aliphatic heterocycles. The Morgan fingerprint density at radius 3 is 2.42 bits per heavy atom. The average Bonchev–Trinajstić information content (AvgIpc) is 2.50. The maximum atomic E-state index is 11.9. The first-order valence-electron chi connectivity index (χ1n) is 8.42. The number of hydrogen-bond acceptors (Lipinski definition) is 5. The molecule has 0 amide bonds. The summed E-state index contributed by atoms with van der Waals surface area (Å²) in [5, 5.41) is 0. The highest BCUT2D eigenvalue weighted by atomic mass is 16.1. The van der Waals surface area contributed by atoms with Crippen LogP contribution < -0.4 is 17.2 Å². The summed E-state index contributed by atoms with van der Waals surface area (Å²) in [6.45, 7) is 4.15. The molecule has 0 spiro atoms. The van der Waals surface area contributed by atoms with E-state index < -0.39 is 0 Å². The summed E-state index contributed by atoms with van der Waals surface area (Å²) in [6, 6.07) is 9.68. The molecule has 1 aromatic heterocycles. The van der Waals surface area contributed by atoms with E-state index in [0.717, 1.165) is 38.0 Å². The second-order valence-corrected chi connectivity index (χ2v) is 7.30. The molecule has 4 N–H and O–H groups in total. The lowest BCUT2D eigenvalue weighted by Crippen LogP contribution is -2.81. The van der Waals surface area contributed by atoms with E-state index >= 15 is 0 Å². The van der Waals surface area contributed by atoms with E-state index in [2.05, 4.69) is 28.9 Å². The van der Waals surface area contributed by atoms with Crippen molar-refractivity contribution in [1.82, 2.24) is 14.5 Å². The summed E-state index contributed by atoms with van der Waals surface area (Å²) in [5.41, 5.74) is 13.9. The van der Waals surface area contributed by atoms with Crippen molar-refractivity contribution < 1.29 is 0 Å². The zero-order chi connectivity index (χ0) is 16.9. The highest BCUT2D eigenvalue weighted by molar-refractivity contribution is 5.37. The molecule has 0 radical (unpaired) electrons. The van der Waals surface area contributed by atoms with Crippen LogP contribution in [0.4, 0.5) is 5.82 Å². The van der Waals surface area contributed by atoms with E-state index in [4.69, 9.17) is 11.5 Å². The van der Waals surface area contributed by atoms with Gasteiger partial charge in [-0.25, -0.2) is 4.79 Å². The highest BCUT2D eigenvalue weighted by Crippen LogP contribution is 2.62. The van der Waals surface area contributed by atoms with Gasteiger partial charge < -0.3 is 11.5 Å². The summed E-state index contributed by atoms with van der Waals surface area (Å²) in [4.78, 5) is 18.2. The van der Waals surface area contributed by atoms with Crippen molar-refractivity contribution in [3.63, 3.8) is 0 Å². The Kier molecular flexibility index (Phi) is 3.30. The Labute approximate surface area is 141 Å². The van der Waals surface area contributed by atoms with Gasteiger partial charge >= 0.3 is 5.69 Å². The molecule has 3 saturated carbocycles. The van der Waals surface area contributed by atoms with Crippen LogP contribution in [0, 0.1) is 0 Å². The molecule has 1 aromatic carbocycles. The molecule has 0 saturated heterocycles. The molecule has 0 unspecified atom stereocenters. The number of rotatable bonds is 5. The lowest BCUT2D eigenvalue weighted by molar-refractivity contribution is -0.164. The maximum Gasteiger partial charge on any atom is 0.354 e. The van der Waals surface area contributed by atoms with Gasteiger partial charge in [0.05, 0.1) is 5.69 Å². The van der Waals surface area contributed by atoms with Crippen molar-refractivity contribution in [3.8, 4) is 5.69 Å². The Hall–Kier alpha value is -2.18. The number of benzene rings is 1. The molecule has 3 aliphatic rings. The smallest absolute Gasteiger partial charge is 0.354 e. The predicted octanol–water partition coefficient (Wildman–Crippen LogP) is 1.27. The van der Waals surface area contributed by atoms with Gasteiger partial charge in [-0.15, -0.1) is 0 Å². The quantitative estimate of drug-likeness (QED) is 0.864. The third kappa shape index (κ3) is 2.34. The van der Waals surface area contributed by atoms with Crippen molar-refractivity contribution in [2.45, 2.75) is 43.8 Å². The van der Waals surface area contributed by atoms with E-state index in [9.17, 15) is 4.79 Å². The second kappa shape index (κ2) is 5.16. The Bertz CT molecular complexity index is 806. The van der Waals surface area contributed by atoms with Gasteiger partial charge in [0.2, 0.25) is 0 Å². The van der Waals surface area contributed by atoms with Gasteiger partial charge in [0.25, 0.3) is 0 Å². The van der Waals surface area contributed by atoms with E-state index in [1.54, 1.807) is 12.3 Å². The molecule has 2 bridgehead atoms. The van der Waals surface area contributed by atoms with Crippen LogP contribution in [-0.2, 0) is 6.54 Å². The monoisotopic (exact) mass is 325 g/mol. The molecule has 0 atom stereocenters. The van der Waals surface area contributed by atoms with Gasteiger partial charge in [0.1, 0.15) is 5.82 Å². The van der Waals surface area contributed by atoms with E-state index in [-0.39, 0.29) is 17.0 Å². The van der Waals surface area contributed by atoms with Crippen LogP contribution in [0.3, 0.4) is 0 Å². The Balaban J connectivity index is 1.50. The molecule has 24 heavy (non-hydrogen) atoms. The summed E-state index contributed by atoms with van der Waals surface area (Å²) in [6.07, 6.45) is 5.02. The molecule has 2 aromatic rings. The predicted molar refractivity (Wildman–Crippen MR) is 93.8 cm³/mol. The molecule has 3 aliphatic carbocycles. The van der Waals surface area contributed by atoms with Crippen LogP contribution in [0.15, 0.2) is 41.3 Å². The van der Waals surface area contributed by atoms with Crippen LogP contribution in [0.5, 0.6) is 0 Å². The average molecular weight is 325 g/mol. The summed E-state index contributed by atoms with van der Waals surface area (Å²) >= 11 is 0. The first-order chi connectivity index (χ1) is 11.4. The van der Waals surface area contributed by atoms with Crippen LogP contribution in [0.1, 0.15) is 31.7 Å². The van der Waals surface area contributed by atoms with E-state index in [1.165, 1.54) is 10.1 Å². The molecule has 6 nitrogen and oxygen atoms in total. The van der Waals surface area contributed by atoms with Gasteiger partial charge in [0, 0.05) is 23.8 Å². The van der Waals surface area contributed by atoms with E-state index in [1.807, 2.05) is 12.1 Å². The number of nitrogen functional groups attached to an aromatic ring is 1. The first-order valence-corrected chi connectivity index (χ1v) is 8.42. The van der Waals surface area contributed by atoms with Gasteiger partial charge in [-0.05, 0) is 49.6 Å². The maximum absolute atomic E-state index is 11.9. The summed E-state index contributed by atoms with van der Waals surface area (Å²) in [5.74, 6) is 0.239. The number of hydrogen-bond donors (Lipinski definition) is 2. The minimum atomic E-state index is -0.361. The fourth-order valence-electron chi connectivity index (χ4n) is 4.36. The zero-order valence-corrected chi connectivity index (χ0v) is 13.9. The standard InChI is InChI=1S/C18H23N5O/c1-2-22(18-10-17(20,11-18)12-18)9-13-3-5-14(6-4-13)23-8-7-15(19)21-16(23)24/h3-8H,2,9-12,20H2,1H3,(H2,19,21,24). The van der Waals surface area contributed by atoms with Crippen molar-refractivity contribution in [1.29, 1.82) is 0 Å². The van der Waals surface area contributed by atoms with Crippen LogP contribution in [-0.4, -0.2) is 32.1 Å². The van der Waals surface area contributed by atoms with Crippen molar-refractivity contribution in [3.05, 3.63) is 52.6 Å². The molecule has 3 fully saturated rings. The summed E-state index contributed by atoms with van der Waals surface area (Å²) in [7, 11) is 0. The van der Waals surface area contributed by atoms with Gasteiger partial charge in [-0.1, -0.05) is 19.1 Å². The van der Waals surface area contributed by atoms with Crippen molar-refractivity contribution >= 4 is 5.82 Å². The molecular weight excluding hydrogens is 302 g/mol. The van der Waals surface area contributed by atoms with Crippen LogP contribution in [0.25, 0.3) is 5.69 Å². The molecule has 6 heteroatoms. The minimum Gasteiger partial charge on any atom is -0.383 e. The SMILES string of the molecule is CCN(Cc1ccc(-n2ccc(N)nc2=O)cc1)C12CC(N)(C1)C2. The minimum absolute atomic E-state index is 0.126. The lowest BCUT2D eigenvalue weighted by atomic mass is 9.44. The largest absolute Gasteiger partial charge is 0.383 e. The number of nitrogens with two attached hydrogens (primary N) is 2. The number of anilines is 1. The second-order valence-electron chi connectivity index (χ2n) is 7.30. The van der Waals surface area contributed by atoms with Crippen molar-refractivity contribution in [2.75, 3.05) is 12.3 Å². The first kappa shape index (κ1) is 15.4. The third-order valence-electron chi connectivity index (χ3n) is 5.51. The van der Waals surface area contributed by atoms with Crippen LogP contribution >= 0.6 is 0 Å². The fourth-order valence-corrected chi connectivity index (χ4v) is 4.36. The highest BCUT2D eigenvalue weighted by Gasteiger charge is 2.67. The third-order valence-corrected chi connectivity index (χ3v) is 5.51. The molecule has 126 valence electrons. The van der Waals surface area contributed by atoms with Crippen LogP contribution in [0.2, 0.25) is 0 Å². The Morgan fingerprint density at radius 2 is 1.88 bits per heavy atom. The topological polar surface area (TPSA) is 90.2 Å². The normalized spacial score (nSPS) is 27.6. The number of aromatic nitrogens is 2. The molecule has 1 heterocycles. The zero-order valence-electron chi connectivity index (χ0n) is 13.9. The van der Waals surface area contributed by atoms with Gasteiger partial charge in [-0.3, -0.25) is 9.47 Å². The van der Waals surface area contributed by atoms with Crippen molar-refractivity contribution in [2.24, 2.45) is 5.73 Å². The molecule has 5 rings (SSSR count). The van der Waals surface area contributed by atoms with Gasteiger partial charge in [-0.2, -0.15) is 4.98 Å².